The van der Waals surface area contributed by atoms with Gasteiger partial charge < -0.3 is 9.75 Å². The summed E-state index contributed by atoms with van der Waals surface area (Å²) in [4.78, 5) is 13.9. The number of benzene rings is 1. The van der Waals surface area contributed by atoms with Crippen molar-refractivity contribution in [3.8, 4) is 39.7 Å². The monoisotopic (exact) mass is 383 g/mol. The van der Waals surface area contributed by atoms with Crippen LogP contribution in [-0.2, 0) is 0 Å². The van der Waals surface area contributed by atoms with Gasteiger partial charge in [-0.3, -0.25) is 9.97 Å². The standard InChI is InChI=1S/C23H21N5O/c1-28(24)22-7-5-13-26-23(22)21-15-17(16-8-10-18(29-2)11-9-16)14-20(27-21)19-6-3-4-12-25-19/h3-15H,24H2,1-2H3. The second kappa shape index (κ2) is 8.08. The number of aromatic nitrogens is 3. The van der Waals surface area contributed by atoms with E-state index in [9.17, 15) is 0 Å². The zero-order valence-corrected chi connectivity index (χ0v) is 16.3. The van der Waals surface area contributed by atoms with Crippen LogP contribution in [0.3, 0.4) is 0 Å². The summed E-state index contributed by atoms with van der Waals surface area (Å²) >= 11 is 0. The van der Waals surface area contributed by atoms with Crippen molar-refractivity contribution in [3.05, 3.63) is 79.1 Å². The van der Waals surface area contributed by atoms with Gasteiger partial charge in [-0.1, -0.05) is 18.2 Å². The van der Waals surface area contributed by atoms with E-state index < -0.39 is 0 Å². The Kier molecular flexibility index (Phi) is 5.18. The number of nitrogens with zero attached hydrogens (tertiary/aromatic N) is 4. The van der Waals surface area contributed by atoms with Crippen molar-refractivity contribution in [2.75, 3.05) is 19.2 Å². The summed E-state index contributed by atoms with van der Waals surface area (Å²) < 4.78 is 5.28. The second-order valence-corrected chi connectivity index (χ2v) is 6.55. The molecule has 0 aliphatic heterocycles. The van der Waals surface area contributed by atoms with E-state index in [2.05, 4.69) is 9.97 Å². The quantitative estimate of drug-likeness (QED) is 0.411. The van der Waals surface area contributed by atoms with E-state index in [0.29, 0.717) is 5.69 Å². The number of pyridine rings is 3. The van der Waals surface area contributed by atoms with Crippen molar-refractivity contribution >= 4 is 5.69 Å². The molecule has 29 heavy (non-hydrogen) atoms. The fourth-order valence-corrected chi connectivity index (χ4v) is 3.13. The zero-order valence-electron chi connectivity index (χ0n) is 16.3. The Labute approximate surface area is 169 Å². The zero-order chi connectivity index (χ0) is 20.2. The molecule has 0 atom stereocenters. The Morgan fingerprint density at radius 2 is 1.55 bits per heavy atom. The maximum atomic E-state index is 6.02. The summed E-state index contributed by atoms with van der Waals surface area (Å²) in [6.07, 6.45) is 3.50. The largest absolute Gasteiger partial charge is 0.497 e. The van der Waals surface area contributed by atoms with E-state index in [4.69, 9.17) is 15.6 Å². The number of hydrogen-bond acceptors (Lipinski definition) is 6. The van der Waals surface area contributed by atoms with Crippen LogP contribution in [0.1, 0.15) is 0 Å². The van der Waals surface area contributed by atoms with Crippen molar-refractivity contribution in [1.82, 2.24) is 15.0 Å². The molecule has 2 N–H and O–H groups in total. The van der Waals surface area contributed by atoms with Crippen LogP contribution in [-0.4, -0.2) is 29.1 Å². The van der Waals surface area contributed by atoms with Gasteiger partial charge >= 0.3 is 0 Å². The van der Waals surface area contributed by atoms with Crippen LogP contribution < -0.4 is 15.6 Å². The van der Waals surface area contributed by atoms with Crippen molar-refractivity contribution in [1.29, 1.82) is 0 Å². The average Bonchev–Trinajstić information content (AvgIpc) is 2.79. The number of hydrogen-bond donors (Lipinski definition) is 1. The summed E-state index contributed by atoms with van der Waals surface area (Å²) in [7, 11) is 3.44. The predicted molar refractivity (Wildman–Crippen MR) is 115 cm³/mol. The molecule has 0 saturated heterocycles. The van der Waals surface area contributed by atoms with Crippen molar-refractivity contribution in [2.45, 2.75) is 0 Å². The van der Waals surface area contributed by atoms with Gasteiger partial charge in [-0.25, -0.2) is 10.8 Å². The molecule has 144 valence electrons. The molecule has 0 spiro atoms. The molecular weight excluding hydrogens is 362 g/mol. The predicted octanol–water partition coefficient (Wildman–Crippen LogP) is 4.19. The molecule has 4 aromatic rings. The van der Waals surface area contributed by atoms with Crippen molar-refractivity contribution in [2.24, 2.45) is 5.84 Å². The van der Waals surface area contributed by atoms with E-state index in [1.54, 1.807) is 31.6 Å². The van der Waals surface area contributed by atoms with Crippen LogP contribution in [0.2, 0.25) is 0 Å². The lowest BCUT2D eigenvalue weighted by Gasteiger charge is -2.16. The minimum Gasteiger partial charge on any atom is -0.497 e. The highest BCUT2D eigenvalue weighted by atomic mass is 16.5. The van der Waals surface area contributed by atoms with Crippen LogP contribution >= 0.6 is 0 Å². The van der Waals surface area contributed by atoms with Crippen LogP contribution in [0.25, 0.3) is 33.9 Å². The molecule has 0 fully saturated rings. The van der Waals surface area contributed by atoms with Crippen LogP contribution in [0.15, 0.2) is 79.1 Å². The second-order valence-electron chi connectivity index (χ2n) is 6.55. The van der Waals surface area contributed by atoms with E-state index in [-0.39, 0.29) is 0 Å². The minimum absolute atomic E-state index is 0.713. The highest BCUT2D eigenvalue weighted by Gasteiger charge is 2.14. The van der Waals surface area contributed by atoms with Gasteiger partial charge in [-0.15, -0.1) is 0 Å². The Morgan fingerprint density at radius 3 is 2.24 bits per heavy atom. The smallest absolute Gasteiger partial charge is 0.118 e. The molecular formula is C23H21N5O. The summed E-state index contributed by atoms with van der Waals surface area (Å²) in [5, 5.41) is 1.55. The first-order valence-electron chi connectivity index (χ1n) is 9.17. The molecule has 3 heterocycles. The third kappa shape index (κ3) is 3.93. The molecule has 4 rings (SSSR count). The fraction of sp³-hybridized carbons (Fsp3) is 0.0870. The number of anilines is 1. The lowest BCUT2D eigenvalue weighted by Crippen LogP contribution is -2.25. The van der Waals surface area contributed by atoms with Gasteiger partial charge in [0.1, 0.15) is 11.4 Å². The topological polar surface area (TPSA) is 77.2 Å². The Bertz CT molecular complexity index is 1110. The van der Waals surface area contributed by atoms with Crippen molar-refractivity contribution in [3.63, 3.8) is 0 Å². The van der Waals surface area contributed by atoms with E-state index >= 15 is 0 Å². The number of rotatable bonds is 5. The summed E-state index contributed by atoms with van der Waals surface area (Å²) in [6, 6.07) is 21.5. The number of methoxy groups -OCH3 is 1. The SMILES string of the molecule is COc1ccc(-c2cc(-c3ccccn3)nc(-c3ncccc3N(C)N)c2)cc1. The molecule has 0 amide bonds. The molecule has 6 heteroatoms. The maximum absolute atomic E-state index is 6.02. The van der Waals surface area contributed by atoms with E-state index in [0.717, 1.165) is 39.6 Å². The first kappa shape index (κ1) is 18.6. The molecule has 0 radical (unpaired) electrons. The minimum atomic E-state index is 0.713. The molecule has 0 bridgehead atoms. The van der Waals surface area contributed by atoms with Crippen LogP contribution in [0, 0.1) is 0 Å². The molecule has 3 aromatic heterocycles. The summed E-state index contributed by atoms with van der Waals surface area (Å²) in [5.74, 6) is 6.83. The highest BCUT2D eigenvalue weighted by molar-refractivity contribution is 5.79. The summed E-state index contributed by atoms with van der Waals surface area (Å²) in [6.45, 7) is 0. The van der Waals surface area contributed by atoms with Gasteiger partial charge in [0.05, 0.1) is 29.9 Å². The maximum Gasteiger partial charge on any atom is 0.118 e. The number of nitrogens with two attached hydrogens (primary N) is 1. The van der Waals surface area contributed by atoms with Crippen LogP contribution in [0.5, 0.6) is 5.75 Å². The Hall–Kier alpha value is -3.77. The van der Waals surface area contributed by atoms with Gasteiger partial charge in [0.2, 0.25) is 0 Å². The van der Waals surface area contributed by atoms with E-state index in [1.807, 2.05) is 66.7 Å². The van der Waals surface area contributed by atoms with Gasteiger partial charge in [0, 0.05) is 19.4 Å². The molecule has 1 aromatic carbocycles. The molecule has 0 saturated carbocycles. The van der Waals surface area contributed by atoms with Gasteiger partial charge in [0.15, 0.2) is 0 Å². The third-order valence-electron chi connectivity index (χ3n) is 4.59. The summed E-state index contributed by atoms with van der Waals surface area (Å²) in [5.41, 5.74) is 5.85. The fourth-order valence-electron chi connectivity index (χ4n) is 3.13. The molecule has 6 nitrogen and oxygen atoms in total. The Balaban J connectivity index is 1.91. The Morgan fingerprint density at radius 1 is 0.793 bits per heavy atom. The van der Waals surface area contributed by atoms with Gasteiger partial charge in [-0.05, 0) is 59.7 Å². The normalized spacial score (nSPS) is 10.6. The molecule has 0 unspecified atom stereocenters. The van der Waals surface area contributed by atoms with Crippen molar-refractivity contribution < 1.29 is 4.74 Å². The highest BCUT2D eigenvalue weighted by Crippen LogP contribution is 2.32. The van der Waals surface area contributed by atoms with Gasteiger partial charge in [-0.2, -0.15) is 0 Å². The van der Waals surface area contributed by atoms with E-state index in [1.165, 1.54) is 0 Å². The molecule has 0 aliphatic carbocycles. The number of hydrazine groups is 1. The molecule has 0 aliphatic rings. The number of ether oxygens (including phenoxy) is 1. The first-order valence-corrected chi connectivity index (χ1v) is 9.17. The van der Waals surface area contributed by atoms with Crippen LogP contribution in [0.4, 0.5) is 5.69 Å². The third-order valence-corrected chi connectivity index (χ3v) is 4.59. The first-order chi connectivity index (χ1) is 14.2. The lowest BCUT2D eigenvalue weighted by molar-refractivity contribution is 0.415. The van der Waals surface area contributed by atoms with Gasteiger partial charge in [0.25, 0.3) is 0 Å². The lowest BCUT2D eigenvalue weighted by atomic mass is 10.0. The average molecular weight is 383 g/mol.